The Morgan fingerprint density at radius 1 is 1.19 bits per heavy atom. The Hall–Kier alpha value is -2.74. The zero-order chi connectivity index (χ0) is 22.9. The van der Waals surface area contributed by atoms with Crippen LogP contribution in [-0.2, 0) is 17.4 Å². The number of ether oxygens (including phenoxy) is 1. The van der Waals surface area contributed by atoms with Crippen molar-refractivity contribution in [3.63, 3.8) is 0 Å². The number of nitrogens with zero attached hydrogens (tertiary/aromatic N) is 1. The van der Waals surface area contributed by atoms with Crippen LogP contribution in [0.4, 0.5) is 13.2 Å². The van der Waals surface area contributed by atoms with E-state index in [4.69, 9.17) is 9.84 Å². The van der Waals surface area contributed by atoms with Gasteiger partial charge in [-0.1, -0.05) is 49.0 Å². The first-order chi connectivity index (χ1) is 14.7. The van der Waals surface area contributed by atoms with E-state index in [1.165, 1.54) is 23.9 Å². The fraction of sp³-hybridized carbons (Fsp3) is 0.304. The van der Waals surface area contributed by atoms with Crippen LogP contribution >= 0.6 is 11.8 Å². The predicted molar refractivity (Wildman–Crippen MR) is 118 cm³/mol. The maximum atomic E-state index is 12.8. The molecule has 0 saturated heterocycles. The third-order valence-electron chi connectivity index (χ3n) is 4.25. The van der Waals surface area contributed by atoms with Crippen LogP contribution in [0.3, 0.4) is 0 Å². The highest BCUT2D eigenvalue weighted by molar-refractivity contribution is 8.17. The van der Waals surface area contributed by atoms with Crippen LogP contribution < -0.4 is 4.74 Å². The van der Waals surface area contributed by atoms with E-state index >= 15 is 0 Å². The topological polar surface area (TPSA) is 58.9 Å². The van der Waals surface area contributed by atoms with E-state index in [0.717, 1.165) is 23.5 Å². The van der Waals surface area contributed by atoms with Gasteiger partial charge < -0.3 is 9.84 Å². The van der Waals surface area contributed by atoms with Crippen molar-refractivity contribution in [1.29, 1.82) is 0 Å². The first-order valence-electron chi connectivity index (χ1n) is 9.67. The van der Waals surface area contributed by atoms with Crippen molar-refractivity contribution in [1.82, 2.24) is 0 Å². The number of rotatable bonds is 9. The normalized spacial score (nSPS) is 12.7. The minimum Gasteiger partial charge on any atom is -0.493 e. The number of alkyl halides is 3. The number of carbonyl (C=O) groups is 1. The molecule has 0 unspecified atom stereocenters. The number of thioether (sulfide) groups is 1. The molecule has 4 nitrogen and oxygen atoms in total. The number of aliphatic imine (C=N–C) groups is 1. The summed E-state index contributed by atoms with van der Waals surface area (Å²) in [6.07, 6.45) is -1.03. The van der Waals surface area contributed by atoms with Crippen LogP contribution in [0.2, 0.25) is 0 Å². The average molecular weight is 452 g/mol. The Labute approximate surface area is 183 Å². The van der Waals surface area contributed by atoms with Gasteiger partial charge >= 0.3 is 12.1 Å². The highest BCUT2D eigenvalue weighted by Crippen LogP contribution is 2.31. The molecule has 0 amide bonds. The standard InChI is InChI=1S/C23H24F3NO3S/c1-3-20(8-5-13-30-19-7-4-6-16(14-19)15-21(28)29)31-22(27-2)17-9-11-18(12-10-17)23(24,25)26/h4,6-12,14H,3,5,13,15H2,1-2H3,(H,28,29)/b20-8+,27-22-. The van der Waals surface area contributed by atoms with E-state index in [1.807, 2.05) is 13.0 Å². The summed E-state index contributed by atoms with van der Waals surface area (Å²) in [7, 11) is 1.61. The first-order valence-corrected chi connectivity index (χ1v) is 10.5. The molecule has 0 aliphatic carbocycles. The summed E-state index contributed by atoms with van der Waals surface area (Å²) in [5.74, 6) is -0.287. The van der Waals surface area contributed by atoms with Gasteiger partial charge in [0.05, 0.1) is 18.6 Å². The molecular formula is C23H24F3NO3S. The Balaban J connectivity index is 1.95. The van der Waals surface area contributed by atoms with Crippen molar-refractivity contribution < 1.29 is 27.8 Å². The maximum absolute atomic E-state index is 12.8. The van der Waals surface area contributed by atoms with Crippen molar-refractivity contribution >= 4 is 22.8 Å². The zero-order valence-corrected chi connectivity index (χ0v) is 18.1. The van der Waals surface area contributed by atoms with Gasteiger partial charge in [-0.15, -0.1) is 0 Å². The van der Waals surface area contributed by atoms with Gasteiger partial charge in [-0.2, -0.15) is 13.2 Å². The lowest BCUT2D eigenvalue weighted by atomic mass is 10.1. The lowest BCUT2D eigenvalue weighted by Crippen LogP contribution is -2.05. The SMILES string of the molecule is CC/C(=C\CCOc1cccc(CC(=O)O)c1)S/C(=N\C)c1ccc(C(F)(F)F)cc1. The molecule has 0 aromatic heterocycles. The Morgan fingerprint density at radius 2 is 1.90 bits per heavy atom. The second-order valence-electron chi connectivity index (χ2n) is 6.58. The molecule has 0 aliphatic rings. The van der Waals surface area contributed by atoms with Gasteiger partial charge in [-0.3, -0.25) is 9.79 Å². The summed E-state index contributed by atoms with van der Waals surface area (Å²) in [4.78, 5) is 16.1. The number of aliphatic carboxylic acids is 1. The fourth-order valence-corrected chi connectivity index (χ4v) is 3.67. The number of allylic oxidation sites excluding steroid dienone is 1. The van der Waals surface area contributed by atoms with E-state index in [-0.39, 0.29) is 6.42 Å². The molecule has 1 N–H and O–H groups in total. The van der Waals surface area contributed by atoms with Crippen LogP contribution in [0.15, 0.2) is 64.5 Å². The number of benzene rings is 2. The summed E-state index contributed by atoms with van der Waals surface area (Å²) < 4.78 is 44.0. The van der Waals surface area contributed by atoms with Crippen LogP contribution in [0.1, 0.15) is 36.5 Å². The number of hydrogen-bond donors (Lipinski definition) is 1. The molecule has 0 aliphatic heterocycles. The number of carboxylic acid groups (broad SMARTS) is 1. The van der Waals surface area contributed by atoms with E-state index in [2.05, 4.69) is 4.99 Å². The third kappa shape index (κ3) is 8.13. The van der Waals surface area contributed by atoms with Gasteiger partial charge in [0, 0.05) is 19.0 Å². The van der Waals surface area contributed by atoms with Crippen LogP contribution in [0.25, 0.3) is 0 Å². The number of carboxylic acids is 1. The lowest BCUT2D eigenvalue weighted by Gasteiger charge is -2.11. The highest BCUT2D eigenvalue weighted by atomic mass is 32.2. The molecule has 0 spiro atoms. The molecule has 2 aromatic carbocycles. The molecule has 31 heavy (non-hydrogen) atoms. The van der Waals surface area contributed by atoms with Gasteiger partial charge in [0.25, 0.3) is 0 Å². The molecule has 8 heteroatoms. The Morgan fingerprint density at radius 3 is 2.48 bits per heavy atom. The van der Waals surface area contributed by atoms with Crippen molar-refractivity contribution in [3.8, 4) is 5.75 Å². The molecule has 166 valence electrons. The minimum absolute atomic E-state index is 0.0587. The van der Waals surface area contributed by atoms with Crippen molar-refractivity contribution in [3.05, 3.63) is 76.2 Å². The average Bonchev–Trinajstić information content (AvgIpc) is 2.72. The maximum Gasteiger partial charge on any atom is 0.416 e. The van der Waals surface area contributed by atoms with E-state index in [0.29, 0.717) is 34.9 Å². The fourth-order valence-electron chi connectivity index (χ4n) is 2.73. The van der Waals surface area contributed by atoms with Crippen molar-refractivity contribution in [2.75, 3.05) is 13.7 Å². The third-order valence-corrected chi connectivity index (χ3v) is 5.58. The second-order valence-corrected chi connectivity index (χ2v) is 7.70. The second kappa shape index (κ2) is 11.6. The van der Waals surface area contributed by atoms with Crippen molar-refractivity contribution in [2.24, 2.45) is 4.99 Å². The molecule has 0 saturated carbocycles. The molecule has 2 aromatic rings. The van der Waals surface area contributed by atoms with Crippen LogP contribution in [0, 0.1) is 0 Å². The van der Waals surface area contributed by atoms with Gasteiger partial charge in [-0.25, -0.2) is 0 Å². The molecule has 0 bridgehead atoms. The molecule has 0 fully saturated rings. The Kier molecular flexibility index (Phi) is 9.18. The van der Waals surface area contributed by atoms with E-state index < -0.39 is 17.7 Å². The summed E-state index contributed by atoms with van der Waals surface area (Å²) in [5.41, 5.74) is 0.615. The summed E-state index contributed by atoms with van der Waals surface area (Å²) in [6, 6.07) is 11.9. The smallest absolute Gasteiger partial charge is 0.416 e. The minimum atomic E-state index is -4.36. The van der Waals surface area contributed by atoms with Crippen LogP contribution in [-0.4, -0.2) is 29.8 Å². The first kappa shape index (κ1) is 24.5. The quantitative estimate of drug-likeness (QED) is 0.280. The number of halogens is 3. The molecule has 0 radical (unpaired) electrons. The van der Waals surface area contributed by atoms with Gasteiger partial charge in [0.15, 0.2) is 0 Å². The molecule has 2 rings (SSSR count). The monoisotopic (exact) mass is 451 g/mol. The molecule has 0 atom stereocenters. The summed E-state index contributed by atoms with van der Waals surface area (Å²) in [5, 5.41) is 9.52. The van der Waals surface area contributed by atoms with Crippen molar-refractivity contribution in [2.45, 2.75) is 32.4 Å². The largest absolute Gasteiger partial charge is 0.493 e. The van der Waals surface area contributed by atoms with Crippen LogP contribution in [0.5, 0.6) is 5.75 Å². The summed E-state index contributed by atoms with van der Waals surface area (Å²) in [6.45, 7) is 2.41. The number of hydrogen-bond acceptors (Lipinski definition) is 4. The van der Waals surface area contributed by atoms with Gasteiger partial charge in [0.1, 0.15) is 10.8 Å². The van der Waals surface area contributed by atoms with Gasteiger partial charge in [0.2, 0.25) is 0 Å². The highest BCUT2D eigenvalue weighted by Gasteiger charge is 2.30. The predicted octanol–water partition coefficient (Wildman–Crippen LogP) is 6.21. The van der Waals surface area contributed by atoms with Gasteiger partial charge in [-0.05, 0) is 41.2 Å². The van der Waals surface area contributed by atoms with E-state index in [9.17, 15) is 18.0 Å². The lowest BCUT2D eigenvalue weighted by molar-refractivity contribution is -0.138. The van der Waals surface area contributed by atoms with E-state index in [1.54, 1.807) is 31.3 Å². The zero-order valence-electron chi connectivity index (χ0n) is 17.3. The Bertz CT molecular complexity index is 938. The summed E-state index contributed by atoms with van der Waals surface area (Å²) >= 11 is 1.42. The molecule has 0 heterocycles. The molecular weight excluding hydrogens is 427 g/mol.